The zero-order valence-electron chi connectivity index (χ0n) is 14.8. The second kappa shape index (κ2) is 7.83. The minimum atomic E-state index is -0.811. The Morgan fingerprint density at radius 2 is 1.92 bits per heavy atom. The largest absolute Gasteiger partial charge is 0.444 e. The van der Waals surface area contributed by atoms with Crippen molar-refractivity contribution in [3.8, 4) is 0 Å². The number of aryl methyl sites for hydroxylation is 1. The van der Waals surface area contributed by atoms with E-state index in [1.165, 1.54) is 0 Å². The smallest absolute Gasteiger partial charge is 0.408 e. The first-order chi connectivity index (χ1) is 11.7. The molecule has 1 heterocycles. The summed E-state index contributed by atoms with van der Waals surface area (Å²) in [6.07, 6.45) is -0.331. The molecule has 7 heteroatoms. The van der Waals surface area contributed by atoms with E-state index in [4.69, 9.17) is 9.26 Å². The Morgan fingerprint density at radius 1 is 1.24 bits per heavy atom. The zero-order valence-corrected chi connectivity index (χ0v) is 14.8. The molecule has 0 radical (unpaired) electrons. The van der Waals surface area contributed by atoms with Gasteiger partial charge in [0.15, 0.2) is 5.82 Å². The highest BCUT2D eigenvalue weighted by Gasteiger charge is 2.25. The molecule has 2 rings (SSSR count). The van der Waals surface area contributed by atoms with Crippen LogP contribution in [0.25, 0.3) is 0 Å². The van der Waals surface area contributed by atoms with Crippen LogP contribution >= 0.6 is 0 Å². The van der Waals surface area contributed by atoms with Crippen LogP contribution in [0.15, 0.2) is 40.9 Å². The van der Waals surface area contributed by atoms with Crippen molar-refractivity contribution < 1.29 is 18.8 Å². The number of carbonyl (C=O) groups excluding carboxylic acids is 2. The number of hydrogen-bond acceptors (Lipinski definition) is 5. The van der Waals surface area contributed by atoms with Gasteiger partial charge in [-0.25, -0.2) is 4.79 Å². The third-order valence-corrected chi connectivity index (χ3v) is 3.17. The minimum Gasteiger partial charge on any atom is -0.444 e. The summed E-state index contributed by atoms with van der Waals surface area (Å²) < 4.78 is 10.2. The quantitative estimate of drug-likeness (QED) is 0.869. The summed E-state index contributed by atoms with van der Waals surface area (Å²) in [5.74, 6) is 0.476. The number of rotatable bonds is 5. The van der Waals surface area contributed by atoms with Gasteiger partial charge in [-0.3, -0.25) is 4.79 Å². The van der Waals surface area contributed by atoms with Crippen LogP contribution in [0.5, 0.6) is 0 Å². The molecular formula is C18H23N3O4. The second-order valence-electron chi connectivity index (χ2n) is 6.70. The van der Waals surface area contributed by atoms with Crippen LogP contribution in [-0.4, -0.2) is 28.8 Å². The lowest BCUT2D eigenvalue weighted by Crippen LogP contribution is -2.47. The van der Waals surface area contributed by atoms with E-state index in [0.717, 1.165) is 5.56 Å². The molecule has 0 aliphatic rings. The minimum absolute atomic E-state index is 0.298. The number of ether oxygens (including phenoxy) is 1. The molecule has 25 heavy (non-hydrogen) atoms. The Kier molecular flexibility index (Phi) is 5.80. The van der Waals surface area contributed by atoms with E-state index in [0.29, 0.717) is 18.0 Å². The molecule has 1 aromatic heterocycles. The molecule has 134 valence electrons. The summed E-state index contributed by atoms with van der Waals surface area (Å²) in [5.41, 5.74) is 0.260. The average Bonchev–Trinajstić information content (AvgIpc) is 2.91. The first kappa shape index (κ1) is 18.5. The van der Waals surface area contributed by atoms with Crippen LogP contribution in [0.3, 0.4) is 0 Å². The van der Waals surface area contributed by atoms with Crippen LogP contribution in [0.2, 0.25) is 0 Å². The lowest BCUT2D eigenvalue weighted by Gasteiger charge is -2.23. The van der Waals surface area contributed by atoms with Crippen molar-refractivity contribution >= 4 is 17.8 Å². The number of benzene rings is 1. The standard InChI is InChI=1S/C18H23N3O4/c1-12-10-15(21-25-12)20-16(22)14(11-13-8-6-5-7-9-13)19-17(23)24-18(2,3)4/h5-10,14H,11H2,1-4H3,(H,19,23)(H,20,21,22)/t14-/m1/s1. The van der Waals surface area contributed by atoms with Crippen LogP contribution in [-0.2, 0) is 16.0 Å². The van der Waals surface area contributed by atoms with E-state index < -0.39 is 23.6 Å². The van der Waals surface area contributed by atoms with Gasteiger partial charge in [0.25, 0.3) is 0 Å². The zero-order chi connectivity index (χ0) is 18.4. The maximum Gasteiger partial charge on any atom is 0.408 e. The monoisotopic (exact) mass is 345 g/mol. The van der Waals surface area contributed by atoms with Crippen LogP contribution < -0.4 is 10.6 Å². The maximum atomic E-state index is 12.6. The predicted octanol–water partition coefficient (Wildman–Crippen LogP) is 3.06. The maximum absolute atomic E-state index is 12.6. The molecule has 1 aromatic carbocycles. The fourth-order valence-corrected chi connectivity index (χ4v) is 2.15. The van der Waals surface area contributed by atoms with Gasteiger partial charge >= 0.3 is 6.09 Å². The molecule has 0 aliphatic carbocycles. The van der Waals surface area contributed by atoms with Gasteiger partial charge in [-0.1, -0.05) is 35.5 Å². The summed E-state index contributed by atoms with van der Waals surface area (Å²) in [6, 6.07) is 10.2. The van der Waals surface area contributed by atoms with Gasteiger partial charge in [-0.15, -0.1) is 0 Å². The number of amides is 2. The molecule has 0 spiro atoms. The lowest BCUT2D eigenvalue weighted by atomic mass is 10.1. The van der Waals surface area contributed by atoms with Crippen molar-refractivity contribution in [1.82, 2.24) is 10.5 Å². The highest BCUT2D eigenvalue weighted by atomic mass is 16.6. The van der Waals surface area contributed by atoms with E-state index in [9.17, 15) is 9.59 Å². The Morgan fingerprint density at radius 3 is 2.48 bits per heavy atom. The van der Waals surface area contributed by atoms with E-state index >= 15 is 0 Å². The van der Waals surface area contributed by atoms with Gasteiger partial charge < -0.3 is 19.9 Å². The number of hydrogen-bond donors (Lipinski definition) is 2. The van der Waals surface area contributed by atoms with Gasteiger partial charge in [0.1, 0.15) is 17.4 Å². The van der Waals surface area contributed by atoms with Crippen molar-refractivity contribution in [2.24, 2.45) is 0 Å². The van der Waals surface area contributed by atoms with Crippen LogP contribution in [0, 0.1) is 6.92 Å². The molecule has 1 atom stereocenters. The summed E-state index contributed by atoms with van der Waals surface area (Å²) in [7, 11) is 0. The Hall–Kier alpha value is -2.83. The molecule has 0 bridgehead atoms. The molecule has 0 fully saturated rings. The lowest BCUT2D eigenvalue weighted by molar-refractivity contribution is -0.118. The van der Waals surface area contributed by atoms with Gasteiger partial charge in [0.2, 0.25) is 5.91 Å². The fraction of sp³-hybridized carbons (Fsp3) is 0.389. The predicted molar refractivity (Wildman–Crippen MR) is 93.2 cm³/mol. The molecule has 0 saturated carbocycles. The third-order valence-electron chi connectivity index (χ3n) is 3.17. The number of carbonyl (C=O) groups is 2. The van der Waals surface area contributed by atoms with Crippen molar-refractivity contribution in [2.45, 2.75) is 45.8 Å². The number of nitrogens with zero attached hydrogens (tertiary/aromatic N) is 1. The van der Waals surface area contributed by atoms with E-state index in [1.54, 1.807) is 33.8 Å². The van der Waals surface area contributed by atoms with Gasteiger partial charge in [0.05, 0.1) is 0 Å². The van der Waals surface area contributed by atoms with E-state index in [2.05, 4.69) is 15.8 Å². The first-order valence-corrected chi connectivity index (χ1v) is 8.00. The summed E-state index contributed by atoms with van der Waals surface area (Å²) in [5, 5.41) is 8.99. The molecule has 0 aliphatic heterocycles. The Balaban J connectivity index is 2.10. The van der Waals surface area contributed by atoms with Gasteiger partial charge in [-0.05, 0) is 33.3 Å². The average molecular weight is 345 g/mol. The molecule has 2 amide bonds. The molecule has 2 aromatic rings. The highest BCUT2D eigenvalue weighted by molar-refractivity contribution is 5.96. The summed E-state index contributed by atoms with van der Waals surface area (Å²) >= 11 is 0. The second-order valence-corrected chi connectivity index (χ2v) is 6.70. The molecule has 0 saturated heterocycles. The molecular weight excluding hydrogens is 322 g/mol. The molecule has 0 unspecified atom stereocenters. The van der Waals surface area contributed by atoms with Crippen molar-refractivity contribution in [1.29, 1.82) is 0 Å². The van der Waals surface area contributed by atoms with E-state index in [-0.39, 0.29) is 0 Å². The van der Waals surface area contributed by atoms with Crippen LogP contribution in [0.1, 0.15) is 32.1 Å². The number of nitrogens with one attached hydrogen (secondary N) is 2. The van der Waals surface area contributed by atoms with Crippen molar-refractivity contribution in [3.63, 3.8) is 0 Å². The first-order valence-electron chi connectivity index (χ1n) is 8.00. The van der Waals surface area contributed by atoms with Crippen molar-refractivity contribution in [3.05, 3.63) is 47.7 Å². The number of aromatic nitrogens is 1. The van der Waals surface area contributed by atoms with Gasteiger partial charge in [-0.2, -0.15) is 0 Å². The van der Waals surface area contributed by atoms with Crippen LogP contribution in [0.4, 0.5) is 10.6 Å². The topological polar surface area (TPSA) is 93.5 Å². The molecule has 2 N–H and O–H groups in total. The number of anilines is 1. The normalized spacial score (nSPS) is 12.3. The third kappa shape index (κ3) is 6.29. The van der Waals surface area contributed by atoms with Gasteiger partial charge in [0, 0.05) is 12.5 Å². The SMILES string of the molecule is Cc1cc(NC(=O)[C@@H](Cc2ccccc2)NC(=O)OC(C)(C)C)no1. The Labute approximate surface area is 146 Å². The highest BCUT2D eigenvalue weighted by Crippen LogP contribution is 2.11. The molecule has 7 nitrogen and oxygen atoms in total. The Bertz CT molecular complexity index is 719. The van der Waals surface area contributed by atoms with E-state index in [1.807, 2.05) is 30.3 Å². The summed E-state index contributed by atoms with van der Waals surface area (Å²) in [4.78, 5) is 24.6. The van der Waals surface area contributed by atoms with Crippen molar-refractivity contribution in [2.75, 3.05) is 5.32 Å². The summed E-state index contributed by atoms with van der Waals surface area (Å²) in [6.45, 7) is 7.01. The fourth-order valence-electron chi connectivity index (χ4n) is 2.15. The number of alkyl carbamates (subject to hydrolysis) is 1.